The van der Waals surface area contributed by atoms with Crippen molar-refractivity contribution in [3.8, 4) is 0 Å². The van der Waals surface area contributed by atoms with Crippen molar-refractivity contribution in [2.75, 3.05) is 13.2 Å². The minimum atomic E-state index is -0.463. The molecule has 1 fully saturated rings. The fourth-order valence-electron chi connectivity index (χ4n) is 2.57. The van der Waals surface area contributed by atoms with Crippen LogP contribution in [0, 0.1) is 0 Å². The van der Waals surface area contributed by atoms with E-state index in [-0.39, 0.29) is 0 Å². The van der Waals surface area contributed by atoms with E-state index < -0.39 is 6.10 Å². The van der Waals surface area contributed by atoms with Gasteiger partial charge in [0.1, 0.15) is 12.2 Å². The Labute approximate surface area is 120 Å². The summed E-state index contributed by atoms with van der Waals surface area (Å²) in [4.78, 5) is 0. The van der Waals surface area contributed by atoms with E-state index in [1.807, 2.05) is 4.57 Å². The summed E-state index contributed by atoms with van der Waals surface area (Å²) < 4.78 is 7.74. The molecule has 1 aliphatic rings. The van der Waals surface area contributed by atoms with Gasteiger partial charge in [0.05, 0.1) is 25.4 Å². The predicted octanol–water partition coefficient (Wildman–Crippen LogP) is 1.10. The van der Waals surface area contributed by atoms with Crippen molar-refractivity contribution < 1.29 is 9.84 Å². The molecule has 0 aromatic carbocycles. The maximum absolute atomic E-state index is 9.90. The molecule has 1 aromatic heterocycles. The summed E-state index contributed by atoms with van der Waals surface area (Å²) in [6.45, 7) is 4.47. The van der Waals surface area contributed by atoms with Gasteiger partial charge in [-0.3, -0.25) is 0 Å². The molecule has 0 radical (unpaired) electrons. The van der Waals surface area contributed by atoms with E-state index in [2.05, 4.69) is 22.4 Å². The number of aliphatic hydroxyl groups excluding tert-OH is 1. The van der Waals surface area contributed by atoms with Crippen molar-refractivity contribution in [2.45, 2.75) is 64.3 Å². The summed E-state index contributed by atoms with van der Waals surface area (Å²) in [7, 11) is 0. The van der Waals surface area contributed by atoms with Gasteiger partial charge in [0, 0.05) is 13.1 Å². The normalized spacial score (nSPS) is 18.3. The van der Waals surface area contributed by atoms with E-state index in [1.165, 1.54) is 19.3 Å². The van der Waals surface area contributed by atoms with Gasteiger partial charge in [0.2, 0.25) is 0 Å². The molecular weight excluding hydrogens is 256 g/mol. The molecule has 1 atom stereocenters. The Morgan fingerprint density at radius 2 is 2.25 bits per heavy atom. The van der Waals surface area contributed by atoms with Crippen LogP contribution in [-0.2, 0) is 17.8 Å². The van der Waals surface area contributed by atoms with Gasteiger partial charge < -0.3 is 19.7 Å². The van der Waals surface area contributed by atoms with Crippen molar-refractivity contribution in [1.29, 1.82) is 0 Å². The maximum Gasteiger partial charge on any atom is 0.146 e. The number of aliphatic hydroxyl groups is 1. The molecule has 1 aromatic rings. The molecular formula is C14H26N4O2. The third-order valence-electron chi connectivity index (χ3n) is 3.78. The maximum atomic E-state index is 9.90. The molecule has 2 N–H and O–H groups in total. The molecule has 2 rings (SSSR count). The molecule has 0 amide bonds. The largest absolute Gasteiger partial charge is 0.389 e. The molecule has 1 saturated carbocycles. The molecule has 6 nitrogen and oxygen atoms in total. The van der Waals surface area contributed by atoms with Gasteiger partial charge in [0.15, 0.2) is 0 Å². The van der Waals surface area contributed by atoms with Gasteiger partial charge in [-0.25, -0.2) is 0 Å². The molecule has 1 heterocycles. The van der Waals surface area contributed by atoms with Gasteiger partial charge in [-0.1, -0.05) is 19.3 Å². The number of nitrogens with zero attached hydrogens (tertiary/aromatic N) is 3. The van der Waals surface area contributed by atoms with Gasteiger partial charge >= 0.3 is 0 Å². The van der Waals surface area contributed by atoms with Crippen LogP contribution < -0.4 is 5.32 Å². The molecule has 1 aliphatic carbocycles. The fourth-order valence-corrected chi connectivity index (χ4v) is 2.57. The highest BCUT2D eigenvalue weighted by Gasteiger charge is 2.15. The first-order valence-electron chi connectivity index (χ1n) is 7.66. The number of rotatable bonds is 8. The molecule has 20 heavy (non-hydrogen) atoms. The summed E-state index contributed by atoms with van der Waals surface area (Å²) in [5, 5.41) is 21.0. The Morgan fingerprint density at radius 1 is 1.45 bits per heavy atom. The highest BCUT2D eigenvalue weighted by molar-refractivity contribution is 4.84. The first-order chi connectivity index (χ1) is 9.79. The standard InChI is InChI=1S/C14H26N4O2/c1-2-18-11-16-17-14(18)9-15-8-12(19)10-20-13-6-4-3-5-7-13/h11-13,15,19H,2-10H2,1H3. The topological polar surface area (TPSA) is 72.2 Å². The van der Waals surface area contributed by atoms with Gasteiger partial charge in [-0.05, 0) is 19.8 Å². The summed E-state index contributed by atoms with van der Waals surface area (Å²) in [5.41, 5.74) is 0. The van der Waals surface area contributed by atoms with Gasteiger partial charge in [-0.2, -0.15) is 0 Å². The Balaban J connectivity index is 1.59. The van der Waals surface area contributed by atoms with E-state index in [0.29, 0.717) is 25.8 Å². The summed E-state index contributed by atoms with van der Waals surface area (Å²) in [5.74, 6) is 0.896. The number of aryl methyl sites for hydroxylation is 1. The summed E-state index contributed by atoms with van der Waals surface area (Å²) in [6, 6.07) is 0. The fraction of sp³-hybridized carbons (Fsp3) is 0.857. The lowest BCUT2D eigenvalue weighted by Gasteiger charge is -2.23. The SMILES string of the molecule is CCn1cnnc1CNCC(O)COC1CCCCC1. The average molecular weight is 282 g/mol. The minimum Gasteiger partial charge on any atom is -0.389 e. The van der Waals surface area contributed by atoms with E-state index in [9.17, 15) is 5.11 Å². The van der Waals surface area contributed by atoms with Crippen molar-refractivity contribution in [2.24, 2.45) is 0 Å². The number of hydrogen-bond acceptors (Lipinski definition) is 5. The molecule has 0 bridgehead atoms. The number of aromatic nitrogens is 3. The molecule has 6 heteroatoms. The van der Waals surface area contributed by atoms with Crippen LogP contribution in [0.15, 0.2) is 6.33 Å². The predicted molar refractivity (Wildman–Crippen MR) is 76.2 cm³/mol. The lowest BCUT2D eigenvalue weighted by atomic mass is 9.98. The second kappa shape index (κ2) is 8.34. The van der Waals surface area contributed by atoms with Crippen LogP contribution in [0.25, 0.3) is 0 Å². The number of ether oxygens (including phenoxy) is 1. The van der Waals surface area contributed by atoms with Crippen LogP contribution in [0.2, 0.25) is 0 Å². The second-order valence-corrected chi connectivity index (χ2v) is 5.41. The zero-order chi connectivity index (χ0) is 14.2. The Morgan fingerprint density at radius 3 is 3.00 bits per heavy atom. The lowest BCUT2D eigenvalue weighted by molar-refractivity contribution is -0.0230. The van der Waals surface area contributed by atoms with Crippen LogP contribution >= 0.6 is 0 Å². The number of nitrogens with one attached hydrogen (secondary N) is 1. The van der Waals surface area contributed by atoms with Crippen LogP contribution in [0.5, 0.6) is 0 Å². The van der Waals surface area contributed by atoms with Crippen LogP contribution in [0.1, 0.15) is 44.9 Å². The smallest absolute Gasteiger partial charge is 0.146 e. The molecule has 0 spiro atoms. The van der Waals surface area contributed by atoms with Crippen molar-refractivity contribution in [1.82, 2.24) is 20.1 Å². The molecule has 0 aliphatic heterocycles. The van der Waals surface area contributed by atoms with E-state index in [4.69, 9.17) is 4.74 Å². The monoisotopic (exact) mass is 282 g/mol. The van der Waals surface area contributed by atoms with E-state index >= 15 is 0 Å². The van der Waals surface area contributed by atoms with E-state index in [1.54, 1.807) is 6.33 Å². The first-order valence-corrected chi connectivity index (χ1v) is 7.66. The van der Waals surface area contributed by atoms with Crippen LogP contribution in [-0.4, -0.2) is 45.2 Å². The highest BCUT2D eigenvalue weighted by Crippen LogP contribution is 2.20. The Hall–Kier alpha value is -0.980. The first kappa shape index (κ1) is 15.4. The average Bonchev–Trinajstić information content (AvgIpc) is 2.94. The minimum absolute atomic E-state index is 0.349. The van der Waals surface area contributed by atoms with Crippen molar-refractivity contribution >= 4 is 0 Å². The summed E-state index contributed by atoms with van der Waals surface area (Å²) >= 11 is 0. The third-order valence-corrected chi connectivity index (χ3v) is 3.78. The highest BCUT2D eigenvalue weighted by atomic mass is 16.5. The van der Waals surface area contributed by atoms with Crippen molar-refractivity contribution in [3.05, 3.63) is 12.2 Å². The second-order valence-electron chi connectivity index (χ2n) is 5.41. The quantitative estimate of drug-likeness (QED) is 0.747. The Kier molecular flexibility index (Phi) is 6.42. The molecule has 114 valence electrons. The van der Waals surface area contributed by atoms with Crippen LogP contribution in [0.3, 0.4) is 0 Å². The summed E-state index contributed by atoms with van der Waals surface area (Å²) in [6.07, 6.45) is 7.72. The van der Waals surface area contributed by atoms with Gasteiger partial charge in [0.25, 0.3) is 0 Å². The third kappa shape index (κ3) is 4.85. The molecule has 0 saturated heterocycles. The zero-order valence-electron chi connectivity index (χ0n) is 12.3. The van der Waals surface area contributed by atoms with Gasteiger partial charge in [-0.15, -0.1) is 10.2 Å². The van der Waals surface area contributed by atoms with E-state index in [0.717, 1.165) is 25.2 Å². The molecule has 1 unspecified atom stereocenters. The number of hydrogen-bond donors (Lipinski definition) is 2. The zero-order valence-corrected chi connectivity index (χ0v) is 12.3. The lowest BCUT2D eigenvalue weighted by Crippen LogP contribution is -2.32. The van der Waals surface area contributed by atoms with Crippen molar-refractivity contribution in [3.63, 3.8) is 0 Å². The van der Waals surface area contributed by atoms with Crippen LogP contribution in [0.4, 0.5) is 0 Å². The Bertz CT molecular complexity index is 377.